The Bertz CT molecular complexity index is 1680. The fourth-order valence-corrected chi connectivity index (χ4v) is 4.55. The number of hydrogen-bond acceptors (Lipinski definition) is 4. The topological polar surface area (TPSA) is 130 Å². The van der Waals surface area contributed by atoms with Gasteiger partial charge in [-0.2, -0.15) is 0 Å². The van der Waals surface area contributed by atoms with E-state index in [9.17, 15) is 4.79 Å². The summed E-state index contributed by atoms with van der Waals surface area (Å²) < 4.78 is 8.05. The molecule has 0 bridgehead atoms. The highest BCUT2D eigenvalue weighted by molar-refractivity contribution is 5.99. The maximum atomic E-state index is 13.6. The average Bonchev–Trinajstić information content (AvgIpc) is 3.34. The van der Waals surface area contributed by atoms with E-state index in [0.29, 0.717) is 24.4 Å². The summed E-state index contributed by atoms with van der Waals surface area (Å²) >= 11 is 0. The zero-order valence-corrected chi connectivity index (χ0v) is 23.6. The number of aliphatic carboxylic acids is 1. The van der Waals surface area contributed by atoms with Crippen molar-refractivity contribution in [3.05, 3.63) is 137 Å². The molecule has 1 atom stereocenters. The van der Waals surface area contributed by atoms with E-state index in [1.807, 2.05) is 121 Å². The molecule has 0 fully saturated rings. The SMILES string of the molecule is CC(=O)O.C[C@H](NC(=O)c1cc2cc(OCc3ccccc3)ccc2n1Cc1cccc(C(=N)N)c1)c1ccccc1. The average molecular weight is 563 g/mol. The Hall–Kier alpha value is -5.37. The molecule has 5 aromatic rings. The molecule has 0 aliphatic heterocycles. The number of carboxylic acid groups (broad SMARTS) is 1. The van der Waals surface area contributed by atoms with Crippen molar-refractivity contribution < 1.29 is 19.4 Å². The summed E-state index contributed by atoms with van der Waals surface area (Å²) in [6, 6.07) is 35.1. The molecule has 1 aromatic heterocycles. The van der Waals surface area contributed by atoms with Crippen molar-refractivity contribution in [1.29, 1.82) is 5.41 Å². The molecule has 5 N–H and O–H groups in total. The van der Waals surface area contributed by atoms with Gasteiger partial charge in [0.15, 0.2) is 0 Å². The van der Waals surface area contributed by atoms with Crippen molar-refractivity contribution in [3.8, 4) is 5.75 Å². The smallest absolute Gasteiger partial charge is 0.300 e. The number of amidine groups is 1. The summed E-state index contributed by atoms with van der Waals surface area (Å²) in [7, 11) is 0. The van der Waals surface area contributed by atoms with E-state index in [0.717, 1.165) is 40.3 Å². The van der Waals surface area contributed by atoms with Gasteiger partial charge < -0.3 is 25.5 Å². The Kier molecular flexibility index (Phi) is 9.73. The van der Waals surface area contributed by atoms with Gasteiger partial charge in [-0.15, -0.1) is 0 Å². The summed E-state index contributed by atoms with van der Waals surface area (Å²) in [5.74, 6) is -0.243. The van der Waals surface area contributed by atoms with Crippen LogP contribution in [0.2, 0.25) is 0 Å². The Labute approximate surface area is 244 Å². The monoisotopic (exact) mass is 562 g/mol. The molecule has 0 aliphatic carbocycles. The third-order valence-electron chi connectivity index (χ3n) is 6.58. The Morgan fingerprint density at radius 3 is 2.21 bits per heavy atom. The molecule has 8 nitrogen and oxygen atoms in total. The van der Waals surface area contributed by atoms with Crippen LogP contribution in [0.3, 0.4) is 0 Å². The summed E-state index contributed by atoms with van der Waals surface area (Å²) in [6.45, 7) is 3.98. The number of aromatic nitrogens is 1. The number of ether oxygens (including phenoxy) is 1. The number of hydrogen-bond donors (Lipinski definition) is 4. The largest absolute Gasteiger partial charge is 0.489 e. The molecule has 0 radical (unpaired) electrons. The van der Waals surface area contributed by atoms with Crippen LogP contribution in [0.1, 0.15) is 52.6 Å². The van der Waals surface area contributed by atoms with E-state index in [2.05, 4.69) is 5.32 Å². The second kappa shape index (κ2) is 13.8. The number of benzene rings is 4. The zero-order chi connectivity index (χ0) is 30.1. The van der Waals surface area contributed by atoms with Crippen molar-refractivity contribution in [3.63, 3.8) is 0 Å². The van der Waals surface area contributed by atoms with Gasteiger partial charge in [-0.05, 0) is 53.9 Å². The van der Waals surface area contributed by atoms with Crippen LogP contribution in [0.25, 0.3) is 10.9 Å². The number of carboxylic acids is 1. The van der Waals surface area contributed by atoms with Crippen LogP contribution >= 0.6 is 0 Å². The number of nitrogens with two attached hydrogens (primary N) is 1. The molecule has 1 amide bonds. The minimum Gasteiger partial charge on any atom is -0.489 e. The highest BCUT2D eigenvalue weighted by Crippen LogP contribution is 2.27. The first kappa shape index (κ1) is 29.6. The van der Waals surface area contributed by atoms with Crippen LogP contribution in [-0.2, 0) is 17.9 Å². The van der Waals surface area contributed by atoms with Crippen molar-refractivity contribution in [1.82, 2.24) is 9.88 Å². The number of nitrogens with zero attached hydrogens (tertiary/aromatic N) is 1. The number of carbonyl (C=O) groups is 2. The number of amides is 1. The molecule has 0 aliphatic rings. The molecule has 4 aromatic carbocycles. The van der Waals surface area contributed by atoms with Gasteiger partial charge in [0.05, 0.1) is 6.04 Å². The molecule has 0 saturated carbocycles. The molecule has 214 valence electrons. The highest BCUT2D eigenvalue weighted by Gasteiger charge is 2.19. The van der Waals surface area contributed by atoms with Gasteiger partial charge in [-0.3, -0.25) is 15.0 Å². The fraction of sp³-hybridized carbons (Fsp3) is 0.147. The molecule has 42 heavy (non-hydrogen) atoms. The third kappa shape index (κ3) is 7.85. The Balaban J connectivity index is 0.000000952. The lowest BCUT2D eigenvalue weighted by Crippen LogP contribution is -2.28. The highest BCUT2D eigenvalue weighted by atomic mass is 16.5. The zero-order valence-electron chi connectivity index (χ0n) is 23.6. The van der Waals surface area contributed by atoms with E-state index < -0.39 is 5.97 Å². The predicted octanol–water partition coefficient (Wildman–Crippen LogP) is 6.13. The van der Waals surface area contributed by atoms with Crippen LogP contribution in [0.15, 0.2) is 109 Å². The van der Waals surface area contributed by atoms with Gasteiger partial charge in [0.25, 0.3) is 11.9 Å². The van der Waals surface area contributed by atoms with E-state index in [1.54, 1.807) is 0 Å². The number of carbonyl (C=O) groups excluding carboxylic acids is 1. The lowest BCUT2D eigenvalue weighted by atomic mass is 10.1. The van der Waals surface area contributed by atoms with Crippen molar-refractivity contribution in [2.75, 3.05) is 0 Å². The predicted molar refractivity (Wildman–Crippen MR) is 165 cm³/mol. The van der Waals surface area contributed by atoms with Gasteiger partial charge in [0, 0.05) is 29.9 Å². The minimum absolute atomic E-state index is 0.0130. The van der Waals surface area contributed by atoms with E-state index in [-0.39, 0.29) is 17.8 Å². The summed E-state index contributed by atoms with van der Waals surface area (Å²) in [5.41, 5.74) is 10.9. The molecule has 1 heterocycles. The maximum Gasteiger partial charge on any atom is 0.300 e. The Morgan fingerprint density at radius 2 is 1.55 bits per heavy atom. The first-order valence-corrected chi connectivity index (χ1v) is 13.5. The van der Waals surface area contributed by atoms with Crippen LogP contribution in [0, 0.1) is 5.41 Å². The fourth-order valence-electron chi connectivity index (χ4n) is 4.55. The van der Waals surface area contributed by atoms with Crippen molar-refractivity contribution in [2.24, 2.45) is 5.73 Å². The molecular weight excluding hydrogens is 528 g/mol. The normalized spacial score (nSPS) is 11.2. The standard InChI is InChI=1S/C32H30N4O2.C2H4O2/c1-22(25-12-6-3-7-13-25)35-32(37)30-19-27-18-28(38-21-23-9-4-2-5-10-23)15-16-29(27)36(30)20-24-11-8-14-26(17-24)31(33)34;1-2(3)4/h2-19,22H,20-21H2,1H3,(H3,33,34)(H,35,37);1H3,(H,3,4)/t22-;/m0./s1. The van der Waals surface area contributed by atoms with Gasteiger partial charge in [0.2, 0.25) is 0 Å². The van der Waals surface area contributed by atoms with Gasteiger partial charge >= 0.3 is 0 Å². The van der Waals surface area contributed by atoms with E-state index in [4.69, 9.17) is 25.8 Å². The number of fused-ring (bicyclic) bond motifs is 1. The summed E-state index contributed by atoms with van der Waals surface area (Å²) in [6.07, 6.45) is 0. The molecule has 0 saturated heterocycles. The van der Waals surface area contributed by atoms with Crippen LogP contribution in [-0.4, -0.2) is 27.4 Å². The molecular formula is C34H34N4O4. The summed E-state index contributed by atoms with van der Waals surface area (Å²) in [4.78, 5) is 22.6. The van der Waals surface area contributed by atoms with E-state index >= 15 is 0 Å². The van der Waals surface area contributed by atoms with E-state index in [1.165, 1.54) is 0 Å². The quantitative estimate of drug-likeness (QED) is 0.127. The minimum atomic E-state index is -0.833. The van der Waals surface area contributed by atoms with Gasteiger partial charge in [-0.1, -0.05) is 78.9 Å². The number of nitrogens with one attached hydrogen (secondary N) is 2. The number of nitrogen functional groups attached to an aromatic ring is 1. The third-order valence-corrected chi connectivity index (χ3v) is 6.58. The molecule has 0 unspecified atom stereocenters. The van der Waals surface area contributed by atoms with Crippen LogP contribution in [0.4, 0.5) is 0 Å². The van der Waals surface area contributed by atoms with Crippen molar-refractivity contribution >= 4 is 28.6 Å². The van der Waals surface area contributed by atoms with Gasteiger partial charge in [0.1, 0.15) is 23.9 Å². The first-order valence-electron chi connectivity index (χ1n) is 13.5. The molecule has 0 spiro atoms. The second-order valence-electron chi connectivity index (χ2n) is 9.85. The molecule has 5 rings (SSSR count). The van der Waals surface area contributed by atoms with Crippen molar-refractivity contribution in [2.45, 2.75) is 33.0 Å². The second-order valence-corrected chi connectivity index (χ2v) is 9.85. The maximum absolute atomic E-state index is 13.6. The van der Waals surface area contributed by atoms with Crippen LogP contribution in [0.5, 0.6) is 5.75 Å². The molecule has 8 heteroatoms. The summed E-state index contributed by atoms with van der Waals surface area (Å²) in [5, 5.41) is 19.3. The van der Waals surface area contributed by atoms with Crippen LogP contribution < -0.4 is 15.8 Å². The number of rotatable bonds is 9. The van der Waals surface area contributed by atoms with Gasteiger partial charge in [-0.25, -0.2) is 0 Å². The lowest BCUT2D eigenvalue weighted by molar-refractivity contribution is -0.134. The lowest BCUT2D eigenvalue weighted by Gasteiger charge is -2.16. The first-order chi connectivity index (χ1) is 20.2. The Morgan fingerprint density at radius 1 is 0.905 bits per heavy atom.